The molecule has 0 saturated carbocycles. The molecule has 0 aliphatic carbocycles. The minimum atomic E-state index is 1.77. The summed E-state index contributed by atoms with van der Waals surface area (Å²) in [5, 5.41) is 0. The highest BCUT2D eigenvalue weighted by Crippen LogP contribution is 1.69. The second kappa shape index (κ2) is 4.78. The van der Waals surface area contributed by atoms with E-state index in [1.54, 1.807) is 6.08 Å². The standard InChI is InChI=1S/C5H5Br/c1-2-3-4-5-6/h2-3H,1H3/b3-2+. The molecule has 0 N–H and O–H groups in total. The molecule has 0 heterocycles. The average Bonchev–Trinajstić information content (AvgIpc) is 1.61. The van der Waals surface area contributed by atoms with Crippen LogP contribution in [0.15, 0.2) is 12.2 Å². The van der Waals surface area contributed by atoms with E-state index in [1.165, 1.54) is 0 Å². The second-order valence-electron chi connectivity index (χ2n) is 0.739. The summed E-state index contributed by atoms with van der Waals surface area (Å²) < 4.78 is 0. The van der Waals surface area contributed by atoms with E-state index in [4.69, 9.17) is 0 Å². The minimum absolute atomic E-state index is 1.77. The topological polar surface area (TPSA) is 0 Å². The lowest BCUT2D eigenvalue weighted by Gasteiger charge is -1.54. The number of hydrogen-bond acceptors (Lipinski definition) is 0. The summed E-state index contributed by atoms with van der Waals surface area (Å²) in [5.41, 5.74) is 0. The van der Waals surface area contributed by atoms with Crippen molar-refractivity contribution in [3.05, 3.63) is 12.2 Å². The van der Waals surface area contributed by atoms with Gasteiger partial charge < -0.3 is 0 Å². The van der Waals surface area contributed by atoms with Gasteiger partial charge in [-0.25, -0.2) is 0 Å². The molecule has 0 saturated heterocycles. The summed E-state index contributed by atoms with van der Waals surface area (Å²) in [6, 6.07) is 0. The molecule has 0 spiro atoms. The third-order valence-corrected chi connectivity index (χ3v) is 0.533. The van der Waals surface area contributed by atoms with Crippen LogP contribution in [0.4, 0.5) is 0 Å². The highest BCUT2D eigenvalue weighted by atomic mass is 79.9. The Kier molecular flexibility index (Phi) is 4.60. The molecule has 0 radical (unpaired) electrons. The maximum Gasteiger partial charge on any atom is 0.0110 e. The molecule has 0 atom stereocenters. The van der Waals surface area contributed by atoms with E-state index in [0.29, 0.717) is 0 Å². The molecule has 0 aliphatic rings. The second-order valence-corrected chi connectivity index (χ2v) is 1.14. The lowest BCUT2D eigenvalue weighted by molar-refractivity contribution is 1.76. The van der Waals surface area contributed by atoms with Gasteiger partial charge in [-0.15, -0.1) is 0 Å². The van der Waals surface area contributed by atoms with Crippen molar-refractivity contribution in [3.63, 3.8) is 0 Å². The van der Waals surface area contributed by atoms with Gasteiger partial charge in [-0.05, 0) is 17.8 Å². The van der Waals surface area contributed by atoms with Crippen LogP contribution in [0.5, 0.6) is 0 Å². The molecule has 0 amide bonds. The molecule has 0 fully saturated rings. The summed E-state index contributed by atoms with van der Waals surface area (Å²) in [4.78, 5) is 2.54. The molecule has 0 bridgehead atoms. The van der Waals surface area contributed by atoms with Gasteiger partial charge in [0.2, 0.25) is 0 Å². The summed E-state index contributed by atoms with van der Waals surface area (Å²) in [5.74, 6) is 2.68. The lowest BCUT2D eigenvalue weighted by Crippen LogP contribution is -1.38. The SMILES string of the molecule is C/C=C/C#CBr. The highest BCUT2D eigenvalue weighted by molar-refractivity contribution is 9.12. The Balaban J connectivity index is 3.24. The van der Waals surface area contributed by atoms with Crippen LogP contribution in [0.2, 0.25) is 0 Å². The maximum atomic E-state index is 2.94. The fourth-order valence-corrected chi connectivity index (χ4v) is 0.247. The lowest BCUT2D eigenvalue weighted by atomic mass is 10.6. The van der Waals surface area contributed by atoms with E-state index < -0.39 is 0 Å². The smallest absolute Gasteiger partial charge is 0.0110 e. The maximum absolute atomic E-state index is 2.94. The number of rotatable bonds is 0. The molecule has 1 heteroatoms. The normalized spacial score (nSPS) is 7.67. The third kappa shape index (κ3) is 3.78. The van der Waals surface area contributed by atoms with Crippen molar-refractivity contribution >= 4 is 15.9 Å². The molecule has 0 unspecified atom stereocenters. The Morgan fingerprint density at radius 2 is 2.33 bits per heavy atom. The molecule has 0 rings (SSSR count). The van der Waals surface area contributed by atoms with E-state index in [9.17, 15) is 0 Å². The first kappa shape index (κ1) is 5.78. The minimum Gasteiger partial charge on any atom is -0.0793 e. The Morgan fingerprint density at radius 1 is 1.67 bits per heavy atom. The van der Waals surface area contributed by atoms with Gasteiger partial charge in [-0.1, -0.05) is 12.0 Å². The first-order valence-electron chi connectivity index (χ1n) is 1.64. The zero-order valence-corrected chi connectivity index (χ0v) is 5.12. The van der Waals surface area contributed by atoms with Crippen LogP contribution in [0.1, 0.15) is 6.92 Å². The van der Waals surface area contributed by atoms with Crippen LogP contribution in [-0.2, 0) is 0 Å². The number of halogens is 1. The Labute approximate surface area is 46.4 Å². The fraction of sp³-hybridized carbons (Fsp3) is 0.200. The van der Waals surface area contributed by atoms with Gasteiger partial charge in [0.1, 0.15) is 0 Å². The van der Waals surface area contributed by atoms with E-state index in [2.05, 4.69) is 26.7 Å². The van der Waals surface area contributed by atoms with E-state index in [1.807, 2.05) is 13.0 Å². The van der Waals surface area contributed by atoms with Crippen molar-refractivity contribution in [2.45, 2.75) is 6.92 Å². The first-order chi connectivity index (χ1) is 2.91. The van der Waals surface area contributed by atoms with Gasteiger partial charge >= 0.3 is 0 Å². The quantitative estimate of drug-likeness (QED) is 0.456. The number of allylic oxidation sites excluding steroid dienone is 2. The summed E-state index contributed by atoms with van der Waals surface area (Å²) in [7, 11) is 0. The largest absolute Gasteiger partial charge is 0.0793 e. The van der Waals surface area contributed by atoms with Gasteiger partial charge in [-0.2, -0.15) is 0 Å². The highest BCUT2D eigenvalue weighted by Gasteiger charge is 1.46. The van der Waals surface area contributed by atoms with Crippen LogP contribution in [0, 0.1) is 10.8 Å². The van der Waals surface area contributed by atoms with Crippen molar-refractivity contribution in [2.75, 3.05) is 0 Å². The monoisotopic (exact) mass is 144 g/mol. The molecule has 0 aliphatic heterocycles. The zero-order chi connectivity index (χ0) is 4.83. The van der Waals surface area contributed by atoms with Crippen LogP contribution in [-0.4, -0.2) is 0 Å². The molecular weight excluding hydrogens is 140 g/mol. The van der Waals surface area contributed by atoms with Crippen molar-refractivity contribution in [1.29, 1.82) is 0 Å². The summed E-state index contributed by atoms with van der Waals surface area (Å²) in [6.07, 6.45) is 3.66. The molecule has 0 aromatic rings. The van der Waals surface area contributed by atoms with Gasteiger partial charge in [0, 0.05) is 15.9 Å². The van der Waals surface area contributed by atoms with Gasteiger partial charge in [-0.3, -0.25) is 0 Å². The Hall–Kier alpha value is -0.220. The molecule has 32 valence electrons. The molecule has 6 heavy (non-hydrogen) atoms. The summed E-state index contributed by atoms with van der Waals surface area (Å²) >= 11 is 2.94. The summed E-state index contributed by atoms with van der Waals surface area (Å²) in [6.45, 7) is 1.93. The van der Waals surface area contributed by atoms with Crippen LogP contribution < -0.4 is 0 Å². The van der Waals surface area contributed by atoms with Crippen molar-refractivity contribution in [3.8, 4) is 10.8 Å². The number of hydrogen-bond donors (Lipinski definition) is 0. The van der Waals surface area contributed by atoms with Crippen molar-refractivity contribution < 1.29 is 0 Å². The first-order valence-corrected chi connectivity index (χ1v) is 2.43. The predicted octanol–water partition coefficient (Wildman–Crippen LogP) is 1.92. The molecule has 0 aromatic heterocycles. The molecule has 0 nitrogen and oxygen atoms in total. The van der Waals surface area contributed by atoms with E-state index in [0.717, 1.165) is 0 Å². The Morgan fingerprint density at radius 3 is 2.50 bits per heavy atom. The van der Waals surface area contributed by atoms with Gasteiger partial charge in [0.15, 0.2) is 0 Å². The van der Waals surface area contributed by atoms with Crippen molar-refractivity contribution in [1.82, 2.24) is 0 Å². The molecule has 0 aromatic carbocycles. The van der Waals surface area contributed by atoms with Crippen LogP contribution in [0.25, 0.3) is 0 Å². The third-order valence-electron chi connectivity index (χ3n) is 0.305. The fourth-order valence-electron chi connectivity index (χ4n) is 0.115. The predicted molar refractivity (Wildman–Crippen MR) is 31.5 cm³/mol. The Bertz CT molecular complexity index is 92.2. The van der Waals surface area contributed by atoms with Crippen LogP contribution >= 0.6 is 15.9 Å². The zero-order valence-electron chi connectivity index (χ0n) is 3.53. The van der Waals surface area contributed by atoms with E-state index in [-0.39, 0.29) is 0 Å². The van der Waals surface area contributed by atoms with Gasteiger partial charge in [0.05, 0.1) is 0 Å². The van der Waals surface area contributed by atoms with E-state index >= 15 is 0 Å². The average molecular weight is 145 g/mol. The van der Waals surface area contributed by atoms with Crippen LogP contribution in [0.3, 0.4) is 0 Å². The molecular formula is C5H5Br. The van der Waals surface area contributed by atoms with Crippen molar-refractivity contribution in [2.24, 2.45) is 0 Å². The van der Waals surface area contributed by atoms with Gasteiger partial charge in [0.25, 0.3) is 0 Å².